The number of benzene rings is 1. The van der Waals surface area contributed by atoms with Crippen LogP contribution in [0.3, 0.4) is 0 Å². The fourth-order valence-electron chi connectivity index (χ4n) is 2.42. The van der Waals surface area contributed by atoms with Gasteiger partial charge in [-0.15, -0.1) is 0 Å². The Labute approximate surface area is 113 Å². The summed E-state index contributed by atoms with van der Waals surface area (Å²) < 4.78 is 23.0. The Morgan fingerprint density at radius 3 is 2.21 bits per heavy atom. The molecular weight excluding hydrogens is 262 g/mol. The molecule has 1 heterocycles. The number of sulfone groups is 1. The Hall–Kier alpha value is -1.62. The third-order valence-corrected chi connectivity index (χ3v) is 4.44. The summed E-state index contributed by atoms with van der Waals surface area (Å²) in [6.45, 7) is 5.36. The highest BCUT2D eigenvalue weighted by atomic mass is 32.2. The van der Waals surface area contributed by atoms with E-state index in [-0.39, 0.29) is 11.7 Å². The summed E-state index contributed by atoms with van der Waals surface area (Å²) in [7, 11) is -3.18. The molecule has 1 aliphatic heterocycles. The van der Waals surface area contributed by atoms with Crippen molar-refractivity contribution in [3.8, 4) is 0 Å². The molecule has 1 aliphatic rings. The maximum Gasteiger partial charge on any atom is 0.224 e. The molecule has 0 spiro atoms. The minimum atomic E-state index is -3.18. The SMILES string of the molecule is CC(=O)N(c1cc(C)cc(C)c1)C1C=CS(=O)(=O)C1. The van der Waals surface area contributed by atoms with Crippen LogP contribution in [0.25, 0.3) is 0 Å². The molecule has 0 aliphatic carbocycles. The lowest BCUT2D eigenvalue weighted by atomic mass is 10.1. The van der Waals surface area contributed by atoms with E-state index in [2.05, 4.69) is 0 Å². The molecule has 5 heteroatoms. The molecule has 2 rings (SSSR count). The number of anilines is 1. The van der Waals surface area contributed by atoms with Gasteiger partial charge < -0.3 is 4.90 Å². The summed E-state index contributed by atoms with van der Waals surface area (Å²) in [5, 5.41) is 1.19. The summed E-state index contributed by atoms with van der Waals surface area (Å²) >= 11 is 0. The van der Waals surface area contributed by atoms with Gasteiger partial charge in [-0.25, -0.2) is 8.42 Å². The van der Waals surface area contributed by atoms with Crippen LogP contribution in [-0.4, -0.2) is 26.1 Å². The van der Waals surface area contributed by atoms with Crippen molar-refractivity contribution in [2.75, 3.05) is 10.7 Å². The quantitative estimate of drug-likeness (QED) is 0.831. The monoisotopic (exact) mass is 279 g/mol. The lowest BCUT2D eigenvalue weighted by Gasteiger charge is -2.27. The first-order valence-corrected chi connectivity index (χ1v) is 7.79. The second-order valence-electron chi connectivity index (χ2n) is 4.96. The van der Waals surface area contributed by atoms with Crippen molar-refractivity contribution in [3.63, 3.8) is 0 Å². The van der Waals surface area contributed by atoms with Gasteiger partial charge in [0.2, 0.25) is 5.91 Å². The van der Waals surface area contributed by atoms with E-state index in [9.17, 15) is 13.2 Å². The van der Waals surface area contributed by atoms with Crippen molar-refractivity contribution in [3.05, 3.63) is 40.8 Å². The molecular formula is C14H17NO3S. The number of hydrogen-bond donors (Lipinski definition) is 0. The van der Waals surface area contributed by atoms with Crippen molar-refractivity contribution < 1.29 is 13.2 Å². The molecule has 1 unspecified atom stereocenters. The summed E-state index contributed by atoms with van der Waals surface area (Å²) in [5.41, 5.74) is 2.84. The number of rotatable bonds is 2. The highest BCUT2D eigenvalue weighted by Gasteiger charge is 2.29. The molecule has 0 N–H and O–H groups in total. The van der Waals surface area contributed by atoms with Crippen LogP contribution in [-0.2, 0) is 14.6 Å². The third kappa shape index (κ3) is 3.04. The lowest BCUT2D eigenvalue weighted by molar-refractivity contribution is -0.116. The topological polar surface area (TPSA) is 54.5 Å². The lowest BCUT2D eigenvalue weighted by Crippen LogP contribution is -2.39. The molecule has 0 saturated carbocycles. The Balaban J connectivity index is 2.42. The van der Waals surface area contributed by atoms with Gasteiger partial charge in [0.15, 0.2) is 9.84 Å². The van der Waals surface area contributed by atoms with E-state index >= 15 is 0 Å². The molecule has 4 nitrogen and oxygen atoms in total. The van der Waals surface area contributed by atoms with Crippen molar-refractivity contribution in [2.24, 2.45) is 0 Å². The van der Waals surface area contributed by atoms with Gasteiger partial charge in [-0.05, 0) is 43.2 Å². The molecule has 1 aromatic rings. The number of aryl methyl sites for hydroxylation is 2. The van der Waals surface area contributed by atoms with Crippen molar-refractivity contribution >= 4 is 21.4 Å². The summed E-state index contributed by atoms with van der Waals surface area (Å²) in [4.78, 5) is 13.4. The zero-order valence-corrected chi connectivity index (χ0v) is 12.1. The maximum atomic E-state index is 11.9. The number of amides is 1. The average Bonchev–Trinajstić information content (AvgIpc) is 2.56. The molecule has 0 aromatic heterocycles. The highest BCUT2D eigenvalue weighted by molar-refractivity contribution is 7.94. The number of carbonyl (C=O) groups excluding carboxylic acids is 1. The zero-order chi connectivity index (χ0) is 14.2. The predicted molar refractivity (Wildman–Crippen MR) is 75.8 cm³/mol. The van der Waals surface area contributed by atoms with Gasteiger partial charge in [-0.2, -0.15) is 0 Å². The van der Waals surface area contributed by atoms with E-state index in [1.54, 1.807) is 11.0 Å². The molecule has 0 bridgehead atoms. The van der Waals surface area contributed by atoms with Crippen molar-refractivity contribution in [1.82, 2.24) is 0 Å². The van der Waals surface area contributed by atoms with Gasteiger partial charge in [0.05, 0.1) is 11.8 Å². The van der Waals surface area contributed by atoms with Crippen LogP contribution < -0.4 is 4.90 Å². The largest absolute Gasteiger partial charge is 0.305 e. The van der Waals surface area contributed by atoms with Gasteiger partial charge in [-0.1, -0.05) is 6.07 Å². The molecule has 102 valence electrons. The Kier molecular flexibility index (Phi) is 3.49. The zero-order valence-electron chi connectivity index (χ0n) is 11.3. The standard InChI is InChI=1S/C14H17NO3S/c1-10-6-11(2)8-14(7-10)15(12(3)16)13-4-5-19(17,18)9-13/h4-8,13H,9H2,1-3H3. The smallest absolute Gasteiger partial charge is 0.224 e. The van der Waals surface area contributed by atoms with Crippen LogP contribution in [0.15, 0.2) is 29.7 Å². The molecule has 0 fully saturated rings. The third-order valence-electron chi connectivity index (χ3n) is 3.07. The Morgan fingerprint density at radius 2 is 1.79 bits per heavy atom. The van der Waals surface area contributed by atoms with Crippen LogP contribution >= 0.6 is 0 Å². The van der Waals surface area contributed by atoms with Crippen LogP contribution in [0.5, 0.6) is 0 Å². The normalized spacial score (nSPS) is 20.5. The van der Waals surface area contributed by atoms with Crippen LogP contribution in [0.1, 0.15) is 18.1 Å². The van der Waals surface area contributed by atoms with E-state index in [4.69, 9.17) is 0 Å². The minimum absolute atomic E-state index is 0.0421. The van der Waals surface area contributed by atoms with E-state index in [0.29, 0.717) is 0 Å². The first-order chi connectivity index (χ1) is 8.78. The second kappa shape index (κ2) is 4.81. The number of hydrogen-bond acceptors (Lipinski definition) is 3. The van der Waals surface area contributed by atoms with Gasteiger partial charge in [0.25, 0.3) is 0 Å². The first kappa shape index (κ1) is 13.8. The molecule has 19 heavy (non-hydrogen) atoms. The summed E-state index contributed by atoms with van der Waals surface area (Å²) in [6, 6.07) is 5.40. The van der Waals surface area contributed by atoms with E-state index in [1.807, 2.05) is 32.0 Å². The minimum Gasteiger partial charge on any atom is -0.305 e. The second-order valence-corrected chi connectivity index (χ2v) is 6.89. The maximum absolute atomic E-state index is 11.9. The fourth-order valence-corrected chi connectivity index (χ4v) is 3.68. The molecule has 0 saturated heterocycles. The molecule has 0 radical (unpaired) electrons. The Bertz CT molecular complexity index is 626. The Morgan fingerprint density at radius 1 is 1.21 bits per heavy atom. The van der Waals surface area contributed by atoms with Gasteiger partial charge >= 0.3 is 0 Å². The van der Waals surface area contributed by atoms with Crippen molar-refractivity contribution in [1.29, 1.82) is 0 Å². The van der Waals surface area contributed by atoms with Gasteiger partial charge in [0.1, 0.15) is 0 Å². The van der Waals surface area contributed by atoms with E-state index < -0.39 is 15.9 Å². The van der Waals surface area contributed by atoms with E-state index in [1.165, 1.54) is 12.3 Å². The fraction of sp³-hybridized carbons (Fsp3) is 0.357. The number of nitrogens with zero attached hydrogens (tertiary/aromatic N) is 1. The van der Waals surface area contributed by atoms with Crippen LogP contribution in [0, 0.1) is 13.8 Å². The predicted octanol–water partition coefficient (Wildman–Crippen LogP) is 1.97. The van der Waals surface area contributed by atoms with Gasteiger partial charge in [-0.3, -0.25) is 4.79 Å². The summed E-state index contributed by atoms with van der Waals surface area (Å²) in [6.07, 6.45) is 1.58. The first-order valence-electron chi connectivity index (χ1n) is 6.07. The summed E-state index contributed by atoms with van der Waals surface area (Å²) in [5.74, 6) is -0.198. The molecule has 1 amide bonds. The number of carbonyl (C=O) groups is 1. The van der Waals surface area contributed by atoms with Crippen LogP contribution in [0.4, 0.5) is 5.69 Å². The van der Waals surface area contributed by atoms with Crippen LogP contribution in [0.2, 0.25) is 0 Å². The molecule has 1 atom stereocenters. The average molecular weight is 279 g/mol. The van der Waals surface area contributed by atoms with E-state index in [0.717, 1.165) is 16.8 Å². The highest BCUT2D eigenvalue weighted by Crippen LogP contribution is 2.25. The van der Waals surface area contributed by atoms with Gasteiger partial charge in [0, 0.05) is 18.0 Å². The molecule has 1 aromatic carbocycles. The van der Waals surface area contributed by atoms with Crippen molar-refractivity contribution in [2.45, 2.75) is 26.8 Å².